The molecule has 0 unspecified atom stereocenters. The lowest BCUT2D eigenvalue weighted by atomic mass is 9.69. The maximum absolute atomic E-state index is 12.6. The molecule has 2 amide bonds. The summed E-state index contributed by atoms with van der Waals surface area (Å²) in [5, 5.41) is 0.00348. The first kappa shape index (κ1) is 15.2. The lowest BCUT2D eigenvalue weighted by molar-refractivity contribution is -0.131. The van der Waals surface area contributed by atoms with Gasteiger partial charge < -0.3 is 4.74 Å². The van der Waals surface area contributed by atoms with Crippen molar-refractivity contribution in [3.8, 4) is 0 Å². The molecule has 0 aromatic heterocycles. The molecule has 1 heterocycles. The fourth-order valence-electron chi connectivity index (χ4n) is 4.81. The summed E-state index contributed by atoms with van der Waals surface area (Å²) in [6.45, 7) is 8.73. The Morgan fingerprint density at radius 3 is 2.76 bits per heavy atom. The molecule has 21 heavy (non-hydrogen) atoms. The molecule has 1 aliphatic heterocycles. The number of fused-ring (bicyclic) bond motifs is 5. The molecule has 2 aliphatic carbocycles. The molecule has 0 N–H and O–H groups in total. The number of carbonyl (C=O) groups is 2. The van der Waals surface area contributed by atoms with Gasteiger partial charge in [-0.3, -0.25) is 4.79 Å². The van der Waals surface area contributed by atoms with Gasteiger partial charge in [0, 0.05) is 17.6 Å². The molecular formula is C16H25NO3S. The normalized spacial score (nSPS) is 41.1. The van der Waals surface area contributed by atoms with Gasteiger partial charge >= 0.3 is 6.09 Å². The second-order valence-corrected chi connectivity index (χ2v) is 8.34. The summed E-state index contributed by atoms with van der Waals surface area (Å²) in [5.41, 5.74) is 0.0646. The number of thiol groups is 1. The Hall–Kier alpha value is -0.710. The van der Waals surface area contributed by atoms with Gasteiger partial charge in [0.2, 0.25) is 5.91 Å². The zero-order valence-electron chi connectivity index (χ0n) is 13.3. The second kappa shape index (κ2) is 4.64. The predicted octanol–water partition coefficient (Wildman–Crippen LogP) is 3.26. The molecule has 4 nitrogen and oxygen atoms in total. The molecular weight excluding hydrogens is 286 g/mol. The first-order chi connectivity index (χ1) is 9.74. The van der Waals surface area contributed by atoms with Crippen molar-refractivity contribution in [3.05, 3.63) is 0 Å². The van der Waals surface area contributed by atoms with E-state index >= 15 is 0 Å². The Bertz CT molecular complexity index is 492. The standard InChI is InChI=1S/C16H25NO3S/c1-5-9(21)8-11(18)17-13-12(20-14(17)19)10-6-7-16(13,4)15(10,2)3/h9-10,12-13,21H,5-8H2,1-4H3/t9-,10-,12-,13-,16+/m1/s1. The highest BCUT2D eigenvalue weighted by molar-refractivity contribution is 7.81. The average Bonchev–Trinajstić information content (AvgIpc) is 2.91. The minimum atomic E-state index is -0.444. The van der Waals surface area contributed by atoms with Crippen LogP contribution in [0, 0.1) is 16.7 Å². The van der Waals surface area contributed by atoms with E-state index in [0.29, 0.717) is 12.3 Å². The summed E-state index contributed by atoms with van der Waals surface area (Å²) in [6.07, 6.45) is 2.71. The molecule has 5 atom stereocenters. The first-order valence-corrected chi connectivity index (χ1v) is 8.46. The van der Waals surface area contributed by atoms with E-state index in [4.69, 9.17) is 4.74 Å². The quantitative estimate of drug-likeness (QED) is 0.814. The summed E-state index contributed by atoms with van der Waals surface area (Å²) in [7, 11) is 0. The lowest BCUT2D eigenvalue weighted by Crippen LogP contribution is -2.50. The van der Waals surface area contributed by atoms with Crippen molar-refractivity contribution < 1.29 is 14.3 Å². The Labute approximate surface area is 132 Å². The van der Waals surface area contributed by atoms with Crippen molar-refractivity contribution in [3.63, 3.8) is 0 Å². The molecule has 3 fully saturated rings. The Morgan fingerprint density at radius 2 is 2.14 bits per heavy atom. The number of amides is 2. The van der Waals surface area contributed by atoms with Crippen molar-refractivity contribution in [2.24, 2.45) is 16.7 Å². The van der Waals surface area contributed by atoms with Crippen molar-refractivity contribution in [1.82, 2.24) is 4.90 Å². The topological polar surface area (TPSA) is 46.6 Å². The summed E-state index contributed by atoms with van der Waals surface area (Å²) in [5.74, 6) is 0.242. The summed E-state index contributed by atoms with van der Waals surface area (Å²) in [6, 6.07) is -0.0939. The van der Waals surface area contributed by atoms with Gasteiger partial charge in [0.1, 0.15) is 6.10 Å². The van der Waals surface area contributed by atoms with Crippen LogP contribution < -0.4 is 0 Å². The maximum atomic E-state index is 12.6. The van der Waals surface area contributed by atoms with Gasteiger partial charge in [-0.1, -0.05) is 27.7 Å². The van der Waals surface area contributed by atoms with E-state index in [0.717, 1.165) is 19.3 Å². The van der Waals surface area contributed by atoms with Crippen LogP contribution in [0.3, 0.4) is 0 Å². The Morgan fingerprint density at radius 1 is 1.48 bits per heavy atom. The van der Waals surface area contributed by atoms with E-state index in [2.05, 4.69) is 33.4 Å². The number of ether oxygens (including phenoxy) is 1. The number of nitrogens with zero attached hydrogens (tertiary/aromatic N) is 1. The van der Waals surface area contributed by atoms with Gasteiger partial charge in [-0.25, -0.2) is 9.69 Å². The number of rotatable bonds is 3. The third-order valence-electron chi connectivity index (χ3n) is 6.60. The van der Waals surface area contributed by atoms with E-state index in [9.17, 15) is 9.59 Å². The minimum absolute atomic E-state index is 0.00348. The number of hydrogen-bond donors (Lipinski definition) is 1. The Kier molecular flexibility index (Phi) is 3.36. The molecule has 3 aliphatic rings. The van der Waals surface area contributed by atoms with Gasteiger partial charge in [0.05, 0.1) is 6.04 Å². The fourth-order valence-corrected chi connectivity index (χ4v) is 4.97. The average molecular weight is 311 g/mol. The molecule has 1 saturated heterocycles. The van der Waals surface area contributed by atoms with E-state index < -0.39 is 6.09 Å². The highest BCUT2D eigenvalue weighted by atomic mass is 32.1. The molecule has 5 heteroatoms. The van der Waals surface area contributed by atoms with Crippen LogP contribution in [0.4, 0.5) is 4.79 Å². The van der Waals surface area contributed by atoms with Gasteiger partial charge in [-0.05, 0) is 30.1 Å². The monoisotopic (exact) mass is 311 g/mol. The van der Waals surface area contributed by atoms with Gasteiger partial charge in [0.15, 0.2) is 0 Å². The van der Waals surface area contributed by atoms with Crippen LogP contribution in [0.1, 0.15) is 53.4 Å². The number of hydrogen-bond acceptors (Lipinski definition) is 4. The summed E-state index contributed by atoms with van der Waals surface area (Å²) < 4.78 is 5.61. The zero-order chi connectivity index (χ0) is 15.6. The fraction of sp³-hybridized carbons (Fsp3) is 0.875. The summed E-state index contributed by atoms with van der Waals surface area (Å²) >= 11 is 4.40. The van der Waals surface area contributed by atoms with Crippen LogP contribution in [0.5, 0.6) is 0 Å². The number of carbonyl (C=O) groups excluding carboxylic acids is 2. The largest absolute Gasteiger partial charge is 0.443 e. The lowest BCUT2D eigenvalue weighted by Gasteiger charge is -2.40. The Balaban J connectivity index is 1.90. The van der Waals surface area contributed by atoms with Crippen molar-refractivity contribution in [2.45, 2.75) is 70.8 Å². The van der Waals surface area contributed by atoms with Crippen LogP contribution in [0.15, 0.2) is 0 Å². The van der Waals surface area contributed by atoms with Gasteiger partial charge in [0.25, 0.3) is 0 Å². The third-order valence-corrected chi connectivity index (χ3v) is 7.14. The van der Waals surface area contributed by atoms with Crippen molar-refractivity contribution >= 4 is 24.6 Å². The molecule has 2 saturated carbocycles. The van der Waals surface area contributed by atoms with Crippen molar-refractivity contribution in [1.29, 1.82) is 0 Å². The van der Waals surface area contributed by atoms with Crippen LogP contribution in [0.25, 0.3) is 0 Å². The third kappa shape index (κ3) is 1.82. The van der Waals surface area contributed by atoms with Crippen LogP contribution in [-0.4, -0.2) is 34.3 Å². The molecule has 2 bridgehead atoms. The highest BCUT2D eigenvalue weighted by Crippen LogP contribution is 2.68. The van der Waals surface area contributed by atoms with Gasteiger partial charge in [-0.15, -0.1) is 0 Å². The molecule has 0 radical (unpaired) electrons. The van der Waals surface area contributed by atoms with E-state index in [1.807, 2.05) is 6.92 Å². The highest BCUT2D eigenvalue weighted by Gasteiger charge is 2.72. The SMILES string of the molecule is CC[C@@H](S)CC(=O)N1C(=O)O[C@@H]2[C@H]3CC[C@@](C)([C@@H]21)C3(C)C. The van der Waals surface area contributed by atoms with Gasteiger partial charge in [-0.2, -0.15) is 12.6 Å². The minimum Gasteiger partial charge on any atom is -0.443 e. The van der Waals surface area contributed by atoms with Crippen LogP contribution in [0.2, 0.25) is 0 Å². The molecule has 3 rings (SSSR count). The van der Waals surface area contributed by atoms with E-state index in [1.165, 1.54) is 4.90 Å². The second-order valence-electron chi connectivity index (χ2n) is 7.61. The van der Waals surface area contributed by atoms with E-state index in [-0.39, 0.29) is 34.1 Å². The smallest absolute Gasteiger partial charge is 0.417 e. The maximum Gasteiger partial charge on any atom is 0.417 e. The number of imide groups is 1. The summed E-state index contributed by atoms with van der Waals surface area (Å²) in [4.78, 5) is 26.2. The molecule has 0 spiro atoms. The van der Waals surface area contributed by atoms with Crippen LogP contribution in [-0.2, 0) is 9.53 Å². The van der Waals surface area contributed by atoms with Crippen LogP contribution >= 0.6 is 12.6 Å². The van der Waals surface area contributed by atoms with E-state index in [1.54, 1.807) is 0 Å². The molecule has 0 aromatic carbocycles. The molecule has 118 valence electrons. The first-order valence-electron chi connectivity index (χ1n) is 7.94. The molecule has 0 aromatic rings. The van der Waals surface area contributed by atoms with Crippen molar-refractivity contribution in [2.75, 3.05) is 0 Å². The predicted molar refractivity (Wildman–Crippen MR) is 83.2 cm³/mol. The zero-order valence-corrected chi connectivity index (χ0v) is 14.2.